The normalized spacial score (nSPS) is 18.5. The minimum absolute atomic E-state index is 0.0350. The number of rotatable bonds is 4. The van der Waals surface area contributed by atoms with Crippen LogP contribution in [0.15, 0.2) is 53.4 Å². The molecule has 2 heterocycles. The maximum absolute atomic E-state index is 13.1. The van der Waals surface area contributed by atoms with Crippen LogP contribution in [-0.2, 0) is 16.4 Å². The highest BCUT2D eigenvalue weighted by atomic mass is 32.2. The van der Waals surface area contributed by atoms with Gasteiger partial charge >= 0.3 is 12.1 Å². The summed E-state index contributed by atoms with van der Waals surface area (Å²) >= 11 is 0. The lowest BCUT2D eigenvalue weighted by atomic mass is 10.1. The molecule has 0 aliphatic carbocycles. The Morgan fingerprint density at radius 3 is 2.69 bits per heavy atom. The molecule has 9 heteroatoms. The first-order chi connectivity index (χ1) is 13.9. The maximum atomic E-state index is 13.1. The topological polar surface area (TPSA) is 98.8 Å². The minimum Gasteiger partial charge on any atom is -0.338 e. The third kappa shape index (κ3) is 3.42. The lowest BCUT2D eigenvalue weighted by Gasteiger charge is -2.19. The zero-order valence-electron chi connectivity index (χ0n) is 16.0. The Labute approximate surface area is 169 Å². The van der Waals surface area contributed by atoms with Crippen LogP contribution in [0.1, 0.15) is 24.1 Å². The van der Waals surface area contributed by atoms with Crippen molar-refractivity contribution >= 4 is 27.8 Å². The molecule has 0 aromatic heterocycles. The standard InChI is InChI=1S/C20H22N4O4S/c1-2-21-19(25)23-11-10-15-12-16(8-9-18(15)23)29(27,28)24-13-17(22-20(24)26)14-6-4-3-5-7-14/h3-9,12,17H,2,10-11,13H2,1H3,(H,21,25)(H,22,26). The summed E-state index contributed by atoms with van der Waals surface area (Å²) in [6.07, 6.45) is 0.564. The maximum Gasteiger partial charge on any atom is 0.331 e. The molecule has 1 fully saturated rings. The van der Waals surface area contributed by atoms with E-state index in [4.69, 9.17) is 0 Å². The van der Waals surface area contributed by atoms with Gasteiger partial charge in [0.05, 0.1) is 17.5 Å². The van der Waals surface area contributed by atoms with Crippen LogP contribution in [0, 0.1) is 0 Å². The van der Waals surface area contributed by atoms with Gasteiger partial charge in [-0.25, -0.2) is 22.3 Å². The molecule has 0 bridgehead atoms. The van der Waals surface area contributed by atoms with Gasteiger partial charge in [0.2, 0.25) is 0 Å². The van der Waals surface area contributed by atoms with Gasteiger partial charge in [0, 0.05) is 18.8 Å². The molecule has 1 atom stereocenters. The quantitative estimate of drug-likeness (QED) is 0.802. The predicted octanol–water partition coefficient (Wildman–Crippen LogP) is 2.23. The Morgan fingerprint density at radius 1 is 1.21 bits per heavy atom. The van der Waals surface area contributed by atoms with Crippen LogP contribution >= 0.6 is 0 Å². The summed E-state index contributed by atoms with van der Waals surface area (Å²) < 4.78 is 27.1. The van der Waals surface area contributed by atoms with Crippen LogP contribution < -0.4 is 15.5 Å². The number of hydrogen-bond donors (Lipinski definition) is 2. The van der Waals surface area contributed by atoms with Gasteiger partial charge in [0.15, 0.2) is 0 Å². The van der Waals surface area contributed by atoms with Gasteiger partial charge in [0.25, 0.3) is 10.0 Å². The largest absolute Gasteiger partial charge is 0.338 e. The summed E-state index contributed by atoms with van der Waals surface area (Å²) in [5.41, 5.74) is 2.32. The number of nitrogens with one attached hydrogen (secondary N) is 2. The molecule has 2 aromatic carbocycles. The number of anilines is 1. The minimum atomic E-state index is -4.00. The van der Waals surface area contributed by atoms with Gasteiger partial charge in [-0.1, -0.05) is 30.3 Å². The predicted molar refractivity (Wildman–Crippen MR) is 108 cm³/mol. The van der Waals surface area contributed by atoms with E-state index in [2.05, 4.69) is 10.6 Å². The molecule has 1 saturated heterocycles. The highest BCUT2D eigenvalue weighted by molar-refractivity contribution is 7.89. The summed E-state index contributed by atoms with van der Waals surface area (Å²) in [6.45, 7) is 2.89. The molecule has 0 radical (unpaired) electrons. The monoisotopic (exact) mass is 414 g/mol. The van der Waals surface area contributed by atoms with Crippen molar-refractivity contribution in [3.8, 4) is 0 Å². The van der Waals surface area contributed by atoms with Gasteiger partial charge in [-0.05, 0) is 42.7 Å². The molecule has 2 aromatic rings. The van der Waals surface area contributed by atoms with E-state index in [0.717, 1.165) is 15.4 Å². The smallest absolute Gasteiger partial charge is 0.331 e. The van der Waals surface area contributed by atoms with Crippen LogP contribution in [0.5, 0.6) is 0 Å². The molecule has 2 aliphatic rings. The van der Waals surface area contributed by atoms with Gasteiger partial charge in [-0.2, -0.15) is 0 Å². The second-order valence-electron chi connectivity index (χ2n) is 6.98. The summed E-state index contributed by atoms with van der Waals surface area (Å²) in [7, 11) is -4.00. The van der Waals surface area contributed by atoms with Gasteiger partial charge < -0.3 is 10.6 Å². The first kappa shape index (κ1) is 19.3. The SMILES string of the molecule is CCNC(=O)N1CCc2cc(S(=O)(=O)N3CC(c4ccccc4)NC3=O)ccc21. The summed E-state index contributed by atoms with van der Waals surface area (Å²) in [5.74, 6) is 0. The number of nitrogens with zero attached hydrogens (tertiary/aromatic N) is 2. The number of carbonyl (C=O) groups excluding carboxylic acids is 2. The molecule has 0 spiro atoms. The van der Waals surface area contributed by atoms with E-state index < -0.39 is 16.1 Å². The molecule has 4 rings (SSSR count). The Kier molecular flexibility index (Phi) is 4.91. The van der Waals surface area contributed by atoms with Crippen LogP contribution in [-0.4, -0.2) is 44.4 Å². The first-order valence-electron chi connectivity index (χ1n) is 9.48. The van der Waals surface area contributed by atoms with Crippen molar-refractivity contribution < 1.29 is 18.0 Å². The number of carbonyl (C=O) groups is 2. The van der Waals surface area contributed by atoms with Crippen molar-refractivity contribution in [1.29, 1.82) is 0 Å². The average Bonchev–Trinajstić information content (AvgIpc) is 3.32. The van der Waals surface area contributed by atoms with Crippen molar-refractivity contribution in [2.75, 3.05) is 24.5 Å². The molecule has 152 valence electrons. The van der Waals surface area contributed by atoms with E-state index in [1.165, 1.54) is 6.07 Å². The third-order valence-electron chi connectivity index (χ3n) is 5.18. The highest BCUT2D eigenvalue weighted by Crippen LogP contribution is 2.32. The summed E-state index contributed by atoms with van der Waals surface area (Å²) in [5, 5.41) is 5.48. The molecule has 2 N–H and O–H groups in total. The molecular weight excluding hydrogens is 392 g/mol. The molecule has 1 unspecified atom stereocenters. The number of urea groups is 2. The van der Waals surface area contributed by atoms with Crippen molar-refractivity contribution in [1.82, 2.24) is 14.9 Å². The Balaban J connectivity index is 1.59. The summed E-state index contributed by atoms with van der Waals surface area (Å²) in [4.78, 5) is 26.2. The fourth-order valence-electron chi connectivity index (χ4n) is 3.72. The van der Waals surface area contributed by atoms with Crippen molar-refractivity contribution in [3.05, 3.63) is 59.7 Å². The van der Waals surface area contributed by atoms with Crippen LogP contribution in [0.3, 0.4) is 0 Å². The van der Waals surface area contributed by atoms with Crippen LogP contribution in [0.2, 0.25) is 0 Å². The molecule has 4 amide bonds. The van der Waals surface area contributed by atoms with E-state index >= 15 is 0 Å². The fraction of sp³-hybridized carbons (Fsp3) is 0.300. The van der Waals surface area contributed by atoms with E-state index in [1.54, 1.807) is 17.0 Å². The zero-order chi connectivity index (χ0) is 20.6. The van der Waals surface area contributed by atoms with Crippen molar-refractivity contribution in [2.45, 2.75) is 24.3 Å². The lowest BCUT2D eigenvalue weighted by molar-refractivity contribution is 0.235. The summed E-state index contributed by atoms with van der Waals surface area (Å²) in [6, 6.07) is 12.7. The Morgan fingerprint density at radius 2 is 1.97 bits per heavy atom. The van der Waals surface area contributed by atoms with Gasteiger partial charge in [-0.3, -0.25) is 4.90 Å². The van der Waals surface area contributed by atoms with Crippen LogP contribution in [0.4, 0.5) is 15.3 Å². The van der Waals surface area contributed by atoms with Crippen LogP contribution in [0.25, 0.3) is 0 Å². The van der Waals surface area contributed by atoms with E-state index in [-0.39, 0.29) is 23.5 Å². The number of amides is 4. The highest BCUT2D eigenvalue weighted by Gasteiger charge is 2.39. The average molecular weight is 414 g/mol. The second kappa shape index (κ2) is 7.40. The second-order valence-corrected chi connectivity index (χ2v) is 8.84. The number of fused-ring (bicyclic) bond motifs is 1. The molecule has 0 saturated carbocycles. The molecule has 29 heavy (non-hydrogen) atoms. The number of benzene rings is 2. The van der Waals surface area contributed by atoms with Gasteiger partial charge in [0.1, 0.15) is 0 Å². The number of sulfonamides is 1. The molecule has 2 aliphatic heterocycles. The zero-order valence-corrected chi connectivity index (χ0v) is 16.8. The number of hydrogen-bond acceptors (Lipinski definition) is 4. The van der Waals surface area contributed by atoms with E-state index in [9.17, 15) is 18.0 Å². The van der Waals surface area contributed by atoms with Gasteiger partial charge in [-0.15, -0.1) is 0 Å². The molecular formula is C20H22N4O4S. The third-order valence-corrected chi connectivity index (χ3v) is 6.93. The molecule has 8 nitrogen and oxygen atoms in total. The Bertz CT molecular complexity index is 1060. The van der Waals surface area contributed by atoms with Crippen molar-refractivity contribution in [3.63, 3.8) is 0 Å². The van der Waals surface area contributed by atoms with Crippen molar-refractivity contribution in [2.24, 2.45) is 0 Å². The lowest BCUT2D eigenvalue weighted by Crippen LogP contribution is -2.38. The van der Waals surface area contributed by atoms with E-state index in [1.807, 2.05) is 37.3 Å². The first-order valence-corrected chi connectivity index (χ1v) is 10.9. The fourth-order valence-corrected chi connectivity index (χ4v) is 5.12. The van der Waals surface area contributed by atoms with E-state index in [0.29, 0.717) is 25.2 Å². The Hall–Kier alpha value is -3.07.